The van der Waals surface area contributed by atoms with Crippen LogP contribution in [0.2, 0.25) is 0 Å². The smallest absolute Gasteiger partial charge is 0.283 e. The highest BCUT2D eigenvalue weighted by atomic mass is 32.2. The van der Waals surface area contributed by atoms with E-state index in [-0.39, 0.29) is 27.3 Å². The Hall–Kier alpha value is -2.79. The number of aromatic nitrogens is 3. The maximum absolute atomic E-state index is 12.2. The highest BCUT2D eigenvalue weighted by Crippen LogP contribution is 2.23. The summed E-state index contributed by atoms with van der Waals surface area (Å²) in [6.45, 7) is 1.47. The van der Waals surface area contributed by atoms with Crippen LogP contribution in [0.15, 0.2) is 39.5 Å². The molecule has 0 fully saturated rings. The Labute approximate surface area is 145 Å². The molecule has 2 aromatic rings. The second-order valence-electron chi connectivity index (χ2n) is 5.07. The molecule has 0 saturated carbocycles. The molecule has 0 amide bonds. The van der Waals surface area contributed by atoms with E-state index in [0.29, 0.717) is 5.57 Å². The van der Waals surface area contributed by atoms with Crippen LogP contribution < -0.4 is 11.3 Å². The van der Waals surface area contributed by atoms with Crippen LogP contribution in [0.1, 0.15) is 12.5 Å². The van der Waals surface area contributed by atoms with E-state index in [0.717, 1.165) is 22.0 Å². The quantitative estimate of drug-likeness (QED) is 0.782. The molecule has 9 nitrogen and oxygen atoms in total. The first-order valence-electron chi connectivity index (χ1n) is 7.00. The lowest BCUT2D eigenvalue weighted by Crippen LogP contribution is -2.19. The predicted molar refractivity (Wildman–Crippen MR) is 92.1 cm³/mol. The number of aliphatic hydroxyl groups is 1. The van der Waals surface area contributed by atoms with E-state index < -0.39 is 26.9 Å². The zero-order valence-electron chi connectivity index (χ0n) is 12.8. The van der Waals surface area contributed by atoms with Gasteiger partial charge in [0.1, 0.15) is 5.82 Å². The summed E-state index contributed by atoms with van der Waals surface area (Å²) in [6.07, 6.45) is 5.02. The van der Waals surface area contributed by atoms with Crippen molar-refractivity contribution in [1.29, 1.82) is 0 Å². The molecule has 0 bridgehead atoms. The number of nitrogens with two attached hydrogens (primary N) is 1. The normalized spacial score (nSPS) is 16.6. The van der Waals surface area contributed by atoms with Crippen molar-refractivity contribution in [2.45, 2.75) is 12.1 Å². The average Bonchev–Trinajstić information content (AvgIpc) is 2.99. The number of hydrogen-bond acceptors (Lipinski definition) is 9. The average molecular weight is 380 g/mol. The molecular weight excluding hydrogens is 368 g/mol. The van der Waals surface area contributed by atoms with Crippen LogP contribution in [-0.4, -0.2) is 38.8 Å². The molecule has 25 heavy (non-hydrogen) atoms. The number of aliphatic hydroxyl groups excluding tert-OH is 1. The second-order valence-corrected chi connectivity index (χ2v) is 7.98. The van der Waals surface area contributed by atoms with Gasteiger partial charge in [-0.05, 0) is 23.8 Å². The van der Waals surface area contributed by atoms with Crippen LogP contribution in [-0.2, 0) is 14.6 Å². The summed E-state index contributed by atoms with van der Waals surface area (Å²) in [5.74, 6) is -1.36. The van der Waals surface area contributed by atoms with Crippen LogP contribution in [0.3, 0.4) is 0 Å². The SMILES string of the molecule is CCS(=O)(=O)c1nsc2nc(=O)c(C=C3C=CC(=O)C(O)=C3)c(N)n12. The van der Waals surface area contributed by atoms with E-state index in [1.165, 1.54) is 25.2 Å². The standard InChI is InChI=1S/C14H12N4O5S2/c1-2-25(22,23)14-17-24-13-16-12(21)8(11(15)18(13)14)5-7-3-4-9(19)10(20)6-7/h3-6,20H,2,15H2,1H3. The van der Waals surface area contributed by atoms with Crippen molar-refractivity contribution in [3.63, 3.8) is 0 Å². The Kier molecular flexibility index (Phi) is 4.05. The molecule has 0 radical (unpaired) electrons. The Morgan fingerprint density at radius 2 is 2.08 bits per heavy atom. The van der Waals surface area contributed by atoms with Gasteiger partial charge in [0.05, 0.1) is 11.3 Å². The van der Waals surface area contributed by atoms with Gasteiger partial charge in [0, 0.05) is 11.5 Å². The van der Waals surface area contributed by atoms with Gasteiger partial charge in [-0.1, -0.05) is 13.0 Å². The Bertz CT molecular complexity index is 1150. The maximum atomic E-state index is 12.2. The van der Waals surface area contributed by atoms with E-state index in [2.05, 4.69) is 9.36 Å². The summed E-state index contributed by atoms with van der Waals surface area (Å²) in [5.41, 5.74) is 5.60. The first-order chi connectivity index (χ1) is 11.7. The number of fused-ring (bicyclic) bond motifs is 1. The molecule has 11 heteroatoms. The number of sulfone groups is 1. The van der Waals surface area contributed by atoms with Gasteiger partial charge in [-0.3, -0.25) is 9.59 Å². The predicted octanol–water partition coefficient (Wildman–Crippen LogP) is 0.491. The lowest BCUT2D eigenvalue weighted by Gasteiger charge is -2.07. The van der Waals surface area contributed by atoms with Gasteiger partial charge in [0.15, 0.2) is 5.76 Å². The van der Waals surface area contributed by atoms with Crippen molar-refractivity contribution in [1.82, 2.24) is 13.8 Å². The van der Waals surface area contributed by atoms with Gasteiger partial charge in [0.25, 0.3) is 5.56 Å². The van der Waals surface area contributed by atoms with Crippen molar-refractivity contribution in [2.24, 2.45) is 0 Å². The molecule has 2 heterocycles. The van der Waals surface area contributed by atoms with E-state index in [9.17, 15) is 23.1 Å². The van der Waals surface area contributed by atoms with E-state index in [4.69, 9.17) is 5.73 Å². The third kappa shape index (κ3) is 2.87. The molecule has 3 rings (SSSR count). The minimum Gasteiger partial charge on any atom is -0.504 e. The van der Waals surface area contributed by atoms with Crippen LogP contribution in [0.5, 0.6) is 0 Å². The van der Waals surface area contributed by atoms with Crippen molar-refractivity contribution < 1.29 is 18.3 Å². The summed E-state index contributed by atoms with van der Waals surface area (Å²) in [5, 5.41) is 9.20. The van der Waals surface area contributed by atoms with Gasteiger partial charge in [0.2, 0.25) is 25.7 Å². The maximum Gasteiger partial charge on any atom is 0.283 e. The number of carbonyl (C=O) groups excluding carboxylic acids is 1. The van der Waals surface area contributed by atoms with Gasteiger partial charge in [-0.25, -0.2) is 12.8 Å². The number of hydrogen-bond donors (Lipinski definition) is 2. The molecule has 1 aliphatic rings. The van der Waals surface area contributed by atoms with Crippen LogP contribution in [0.4, 0.5) is 5.82 Å². The fourth-order valence-corrected chi connectivity index (χ4v) is 4.13. The molecule has 0 saturated heterocycles. The zero-order valence-corrected chi connectivity index (χ0v) is 14.5. The van der Waals surface area contributed by atoms with Crippen molar-refractivity contribution in [3.8, 4) is 0 Å². The number of anilines is 1. The Morgan fingerprint density at radius 1 is 1.36 bits per heavy atom. The van der Waals surface area contributed by atoms with Gasteiger partial charge < -0.3 is 10.8 Å². The number of rotatable bonds is 3. The molecule has 1 aliphatic carbocycles. The van der Waals surface area contributed by atoms with Gasteiger partial charge in [-0.2, -0.15) is 9.36 Å². The Balaban J connectivity index is 2.27. The largest absolute Gasteiger partial charge is 0.504 e. The number of nitrogen functional groups attached to an aromatic ring is 1. The van der Waals surface area contributed by atoms with Crippen LogP contribution >= 0.6 is 11.5 Å². The molecular formula is C14H12N4O5S2. The zero-order chi connectivity index (χ0) is 18.4. The summed E-state index contributed by atoms with van der Waals surface area (Å²) >= 11 is 0.751. The minimum atomic E-state index is -3.67. The van der Waals surface area contributed by atoms with E-state index in [1.807, 2.05) is 0 Å². The van der Waals surface area contributed by atoms with E-state index >= 15 is 0 Å². The monoisotopic (exact) mass is 380 g/mol. The number of carbonyl (C=O) groups is 1. The minimum absolute atomic E-state index is 0.0597. The highest BCUT2D eigenvalue weighted by Gasteiger charge is 2.23. The second kappa shape index (κ2) is 5.93. The number of nitrogens with zero attached hydrogens (tertiary/aromatic N) is 3. The van der Waals surface area contributed by atoms with Crippen molar-refractivity contribution >= 4 is 44.0 Å². The molecule has 0 unspecified atom stereocenters. The third-order valence-corrected chi connectivity index (χ3v) is 5.89. The summed E-state index contributed by atoms with van der Waals surface area (Å²) < 4.78 is 29.3. The summed E-state index contributed by atoms with van der Waals surface area (Å²) in [7, 11) is -3.67. The molecule has 2 aromatic heterocycles. The first-order valence-corrected chi connectivity index (χ1v) is 9.42. The third-order valence-electron chi connectivity index (χ3n) is 3.48. The number of allylic oxidation sites excluding steroid dienone is 4. The fourth-order valence-electron chi connectivity index (χ4n) is 2.15. The molecule has 0 aromatic carbocycles. The Morgan fingerprint density at radius 3 is 2.72 bits per heavy atom. The van der Waals surface area contributed by atoms with Gasteiger partial charge >= 0.3 is 0 Å². The van der Waals surface area contributed by atoms with Crippen molar-refractivity contribution in [3.05, 3.63) is 45.5 Å². The molecule has 0 atom stereocenters. The molecule has 130 valence electrons. The first kappa shape index (κ1) is 17.0. The van der Waals surface area contributed by atoms with Gasteiger partial charge in [-0.15, -0.1) is 0 Å². The molecule has 0 spiro atoms. The van der Waals surface area contributed by atoms with Crippen LogP contribution in [0, 0.1) is 0 Å². The highest BCUT2D eigenvalue weighted by molar-refractivity contribution is 7.91. The fraction of sp³-hybridized carbons (Fsp3) is 0.143. The lowest BCUT2D eigenvalue weighted by atomic mass is 10.1. The molecule has 0 aliphatic heterocycles. The molecule has 3 N–H and O–H groups in total. The van der Waals surface area contributed by atoms with E-state index in [1.54, 1.807) is 0 Å². The summed E-state index contributed by atoms with van der Waals surface area (Å²) in [6, 6.07) is 0. The van der Waals surface area contributed by atoms with Crippen molar-refractivity contribution in [2.75, 3.05) is 11.5 Å². The number of ketones is 1. The van der Waals surface area contributed by atoms with Crippen LogP contribution in [0.25, 0.3) is 11.0 Å². The summed E-state index contributed by atoms with van der Waals surface area (Å²) in [4.78, 5) is 27.3. The lowest BCUT2D eigenvalue weighted by molar-refractivity contribution is -0.113. The topological polar surface area (TPSA) is 145 Å².